The maximum Gasteiger partial charge on any atom is 0.264 e. The van der Waals surface area contributed by atoms with E-state index in [2.05, 4.69) is 5.32 Å². The molecule has 0 bridgehead atoms. The van der Waals surface area contributed by atoms with Crippen molar-refractivity contribution in [3.63, 3.8) is 0 Å². The SMILES string of the molecule is N#C/C(C(=O)NCCc1ccccc1)=C1/S[C@@H](Cc2ccc(Cl)cc2Cl)C(=O)N1c1ccc(F)cc1. The van der Waals surface area contributed by atoms with E-state index >= 15 is 0 Å². The fourth-order valence-corrected chi connectivity index (χ4v) is 5.53. The summed E-state index contributed by atoms with van der Waals surface area (Å²) in [6.07, 6.45) is 0.848. The number of halogens is 3. The van der Waals surface area contributed by atoms with Gasteiger partial charge in [0.2, 0.25) is 5.91 Å². The number of carbonyl (C=O) groups is 2. The van der Waals surface area contributed by atoms with Crippen LogP contribution < -0.4 is 10.2 Å². The van der Waals surface area contributed by atoms with Gasteiger partial charge in [0.15, 0.2) is 0 Å². The molecule has 1 fully saturated rings. The zero-order valence-corrected chi connectivity index (χ0v) is 21.2. The highest BCUT2D eigenvalue weighted by atomic mass is 35.5. The minimum Gasteiger partial charge on any atom is -0.351 e. The van der Waals surface area contributed by atoms with Gasteiger partial charge in [-0.05, 0) is 60.4 Å². The van der Waals surface area contributed by atoms with Crippen LogP contribution in [0, 0.1) is 17.1 Å². The molecule has 182 valence electrons. The van der Waals surface area contributed by atoms with Gasteiger partial charge in [-0.3, -0.25) is 14.5 Å². The molecule has 36 heavy (non-hydrogen) atoms. The van der Waals surface area contributed by atoms with Crippen LogP contribution in [0.25, 0.3) is 0 Å². The van der Waals surface area contributed by atoms with Crippen molar-refractivity contribution in [1.29, 1.82) is 5.26 Å². The summed E-state index contributed by atoms with van der Waals surface area (Å²) in [7, 11) is 0. The number of thioether (sulfide) groups is 1. The highest BCUT2D eigenvalue weighted by molar-refractivity contribution is 8.05. The number of anilines is 1. The molecule has 0 aliphatic carbocycles. The molecule has 0 spiro atoms. The third kappa shape index (κ3) is 5.90. The maximum absolute atomic E-state index is 13.6. The van der Waals surface area contributed by atoms with Gasteiger partial charge in [0.05, 0.1) is 5.25 Å². The molecule has 2 amide bonds. The number of nitrogens with zero attached hydrogens (tertiary/aromatic N) is 2. The molecule has 1 aliphatic heterocycles. The Kier molecular flexibility index (Phi) is 8.32. The van der Waals surface area contributed by atoms with E-state index in [-0.39, 0.29) is 22.9 Å². The van der Waals surface area contributed by atoms with Crippen molar-refractivity contribution in [1.82, 2.24) is 5.32 Å². The molecule has 5 nitrogen and oxygen atoms in total. The zero-order chi connectivity index (χ0) is 25.7. The van der Waals surface area contributed by atoms with Crippen LogP contribution in [-0.2, 0) is 22.4 Å². The summed E-state index contributed by atoms with van der Waals surface area (Å²) < 4.78 is 13.6. The number of rotatable bonds is 7. The van der Waals surface area contributed by atoms with Crippen LogP contribution in [0.1, 0.15) is 11.1 Å². The first-order valence-corrected chi connectivity index (χ1v) is 12.7. The first-order chi connectivity index (χ1) is 17.4. The van der Waals surface area contributed by atoms with E-state index in [1.807, 2.05) is 36.4 Å². The van der Waals surface area contributed by atoms with E-state index in [4.69, 9.17) is 23.2 Å². The van der Waals surface area contributed by atoms with E-state index in [1.165, 1.54) is 29.2 Å². The second kappa shape index (κ2) is 11.6. The Hall–Kier alpha value is -3.31. The van der Waals surface area contributed by atoms with Gasteiger partial charge in [0, 0.05) is 22.3 Å². The summed E-state index contributed by atoms with van der Waals surface area (Å²) in [5, 5.41) is 13.1. The van der Waals surface area contributed by atoms with Gasteiger partial charge in [-0.15, -0.1) is 0 Å². The molecule has 0 unspecified atom stereocenters. The number of hydrogen-bond donors (Lipinski definition) is 1. The summed E-state index contributed by atoms with van der Waals surface area (Å²) in [6.45, 7) is 0.320. The lowest BCUT2D eigenvalue weighted by Gasteiger charge is -2.18. The summed E-state index contributed by atoms with van der Waals surface area (Å²) >= 11 is 13.4. The number of amides is 2. The van der Waals surface area contributed by atoms with E-state index < -0.39 is 17.0 Å². The normalized spacial score (nSPS) is 16.6. The number of hydrogen-bond acceptors (Lipinski definition) is 4. The highest BCUT2D eigenvalue weighted by Crippen LogP contribution is 2.42. The molecule has 0 saturated carbocycles. The molecule has 1 aliphatic rings. The largest absolute Gasteiger partial charge is 0.351 e. The molecule has 3 aromatic carbocycles. The van der Waals surface area contributed by atoms with Gasteiger partial charge in [-0.25, -0.2) is 4.39 Å². The summed E-state index contributed by atoms with van der Waals surface area (Å²) in [6, 6.07) is 21.9. The maximum atomic E-state index is 13.6. The molecule has 9 heteroatoms. The smallest absolute Gasteiger partial charge is 0.264 e. The topological polar surface area (TPSA) is 73.2 Å². The summed E-state index contributed by atoms with van der Waals surface area (Å²) in [4.78, 5) is 27.8. The average Bonchev–Trinajstić information content (AvgIpc) is 3.18. The fraction of sp³-hybridized carbons (Fsp3) is 0.148. The second-order valence-corrected chi connectivity index (χ2v) is 10.0. The Morgan fingerprint density at radius 3 is 2.47 bits per heavy atom. The van der Waals surface area contributed by atoms with Crippen molar-refractivity contribution in [3.05, 3.63) is 110 Å². The van der Waals surface area contributed by atoms with Crippen molar-refractivity contribution in [2.75, 3.05) is 11.4 Å². The number of carbonyl (C=O) groups excluding carboxylic acids is 2. The van der Waals surface area contributed by atoms with Gasteiger partial charge in [0.25, 0.3) is 5.91 Å². The zero-order valence-electron chi connectivity index (χ0n) is 18.9. The van der Waals surface area contributed by atoms with Gasteiger partial charge in [-0.2, -0.15) is 5.26 Å². The predicted molar refractivity (Wildman–Crippen MR) is 141 cm³/mol. The van der Waals surface area contributed by atoms with Crippen LogP contribution in [0.3, 0.4) is 0 Å². The number of benzene rings is 3. The van der Waals surface area contributed by atoms with Crippen LogP contribution >= 0.6 is 35.0 Å². The van der Waals surface area contributed by atoms with Crippen molar-refractivity contribution in [2.24, 2.45) is 0 Å². The predicted octanol–water partition coefficient (Wildman–Crippen LogP) is 5.92. The van der Waals surface area contributed by atoms with Crippen molar-refractivity contribution in [3.8, 4) is 6.07 Å². The Morgan fingerprint density at radius 1 is 1.08 bits per heavy atom. The molecule has 1 atom stereocenters. The molecule has 1 heterocycles. The van der Waals surface area contributed by atoms with Gasteiger partial charge in [-0.1, -0.05) is 71.4 Å². The Labute approximate surface area is 222 Å². The van der Waals surface area contributed by atoms with Crippen molar-refractivity contribution >= 4 is 52.5 Å². The van der Waals surface area contributed by atoms with Crippen LogP contribution in [0.15, 0.2) is 83.4 Å². The van der Waals surface area contributed by atoms with Gasteiger partial charge in [0.1, 0.15) is 22.5 Å². The van der Waals surface area contributed by atoms with Crippen LogP contribution in [0.2, 0.25) is 10.0 Å². The minimum atomic E-state index is -0.649. The van der Waals surface area contributed by atoms with Crippen LogP contribution in [-0.4, -0.2) is 23.6 Å². The van der Waals surface area contributed by atoms with Crippen LogP contribution in [0.4, 0.5) is 10.1 Å². The molecule has 1 N–H and O–H groups in total. The molecule has 4 rings (SSSR count). The van der Waals surface area contributed by atoms with Crippen LogP contribution in [0.5, 0.6) is 0 Å². The Morgan fingerprint density at radius 2 is 1.81 bits per heavy atom. The van der Waals surface area contributed by atoms with E-state index in [9.17, 15) is 19.2 Å². The quantitative estimate of drug-likeness (QED) is 0.299. The molecule has 0 radical (unpaired) electrons. The molecule has 1 saturated heterocycles. The lowest BCUT2D eigenvalue weighted by atomic mass is 10.1. The molecular formula is C27H20Cl2FN3O2S. The van der Waals surface area contributed by atoms with Crippen molar-refractivity contribution < 1.29 is 14.0 Å². The van der Waals surface area contributed by atoms with Gasteiger partial charge >= 0.3 is 0 Å². The summed E-state index contributed by atoms with van der Waals surface area (Å²) in [5.74, 6) is -1.38. The summed E-state index contributed by atoms with van der Waals surface area (Å²) in [5.41, 5.74) is 1.93. The number of nitrogens with one attached hydrogen (secondary N) is 1. The van der Waals surface area contributed by atoms with E-state index in [0.717, 1.165) is 17.3 Å². The molecular weight excluding hydrogens is 520 g/mol. The first-order valence-electron chi connectivity index (χ1n) is 11.0. The first kappa shape index (κ1) is 25.8. The minimum absolute atomic E-state index is 0.185. The Bertz CT molecular complexity index is 1360. The Balaban J connectivity index is 1.63. The average molecular weight is 540 g/mol. The second-order valence-electron chi connectivity index (χ2n) is 7.98. The highest BCUT2D eigenvalue weighted by Gasteiger charge is 2.41. The van der Waals surface area contributed by atoms with Gasteiger partial charge < -0.3 is 5.32 Å². The van der Waals surface area contributed by atoms with E-state index in [0.29, 0.717) is 34.3 Å². The molecule has 0 aromatic heterocycles. The lowest BCUT2D eigenvalue weighted by molar-refractivity contribution is -0.117. The third-order valence-electron chi connectivity index (χ3n) is 5.55. The molecule has 3 aromatic rings. The number of nitriles is 1. The fourth-order valence-electron chi connectivity index (χ4n) is 3.75. The standard InChI is InChI=1S/C27H20Cl2FN3O2S/c28-19-7-6-18(23(29)15-19)14-24-26(35)33(21-10-8-20(30)9-11-21)27(36-24)22(16-31)25(34)32-13-12-17-4-2-1-3-5-17/h1-11,15,24H,12-14H2,(H,32,34)/b27-22-/t24-/m0/s1. The monoisotopic (exact) mass is 539 g/mol. The third-order valence-corrected chi connectivity index (χ3v) is 7.40. The lowest BCUT2D eigenvalue weighted by Crippen LogP contribution is -2.32. The van der Waals surface area contributed by atoms with E-state index in [1.54, 1.807) is 18.2 Å². The van der Waals surface area contributed by atoms with Crippen molar-refractivity contribution in [2.45, 2.75) is 18.1 Å².